The van der Waals surface area contributed by atoms with Crippen LogP contribution in [0.4, 0.5) is 5.69 Å². The fourth-order valence-electron chi connectivity index (χ4n) is 2.64. The van der Waals surface area contributed by atoms with Crippen LogP contribution < -0.4 is 5.73 Å². The van der Waals surface area contributed by atoms with Crippen LogP contribution >= 0.6 is 0 Å². The predicted octanol–water partition coefficient (Wildman–Crippen LogP) is 0.327. The summed E-state index contributed by atoms with van der Waals surface area (Å²) in [7, 11) is 0. The van der Waals surface area contributed by atoms with Crippen molar-refractivity contribution in [1.82, 2.24) is 4.90 Å². The highest BCUT2D eigenvalue weighted by Gasteiger charge is 2.40. The first kappa shape index (κ1) is 15.8. The van der Waals surface area contributed by atoms with Crippen LogP contribution in [0.15, 0.2) is 18.2 Å². The van der Waals surface area contributed by atoms with Crippen LogP contribution in [0.5, 0.6) is 0 Å². The molecular weight excluding hydrogens is 292 g/mol. The lowest BCUT2D eigenvalue weighted by Crippen LogP contribution is -2.35. The molecule has 1 saturated heterocycles. The van der Waals surface area contributed by atoms with Crippen molar-refractivity contribution in [3.05, 3.63) is 29.3 Å². The Labute approximate surface area is 125 Å². The Hall–Kier alpha value is -2.61. The standard InChI is InChI=1S/C14H16N2O6/c15-10-2-1-7(3-9(10)13(19)20)5-16-6-8(12(17)18)4-11(16)14(21)22/h1-3,8,11H,4-6,15H2,(H,17,18)(H,19,20)(H,21,22). The summed E-state index contributed by atoms with van der Waals surface area (Å²) in [6.07, 6.45) is 0.0332. The summed E-state index contributed by atoms with van der Waals surface area (Å²) in [5, 5.41) is 27.3. The number of anilines is 1. The quantitative estimate of drug-likeness (QED) is 0.570. The third-order valence-electron chi connectivity index (χ3n) is 3.77. The molecule has 0 aliphatic carbocycles. The van der Waals surface area contributed by atoms with E-state index in [1.54, 1.807) is 6.07 Å². The van der Waals surface area contributed by atoms with Crippen LogP contribution in [-0.4, -0.2) is 50.7 Å². The Balaban J connectivity index is 2.21. The highest BCUT2D eigenvalue weighted by molar-refractivity contribution is 5.93. The Morgan fingerprint density at radius 2 is 1.86 bits per heavy atom. The summed E-state index contributed by atoms with van der Waals surface area (Å²) in [6.45, 7) is 0.264. The Bertz CT molecular complexity index is 630. The summed E-state index contributed by atoms with van der Waals surface area (Å²) in [5.41, 5.74) is 6.21. The molecule has 118 valence electrons. The minimum Gasteiger partial charge on any atom is -0.481 e. The Morgan fingerprint density at radius 1 is 1.18 bits per heavy atom. The largest absolute Gasteiger partial charge is 0.481 e. The van der Waals surface area contributed by atoms with E-state index in [2.05, 4.69) is 0 Å². The number of nitrogen functional groups attached to an aromatic ring is 1. The Kier molecular flexibility index (Phi) is 4.32. The molecule has 8 nitrogen and oxygen atoms in total. The SMILES string of the molecule is Nc1ccc(CN2CC(C(=O)O)CC2C(=O)O)cc1C(=O)O. The maximum absolute atomic E-state index is 11.3. The zero-order valence-electron chi connectivity index (χ0n) is 11.6. The molecule has 1 fully saturated rings. The minimum atomic E-state index is -1.17. The number of nitrogens with two attached hydrogens (primary N) is 1. The molecule has 22 heavy (non-hydrogen) atoms. The molecule has 0 amide bonds. The van der Waals surface area contributed by atoms with Crippen molar-refractivity contribution in [2.45, 2.75) is 19.0 Å². The van der Waals surface area contributed by atoms with Gasteiger partial charge in [0.2, 0.25) is 0 Å². The fraction of sp³-hybridized carbons (Fsp3) is 0.357. The van der Waals surface area contributed by atoms with Crippen molar-refractivity contribution in [2.24, 2.45) is 5.92 Å². The van der Waals surface area contributed by atoms with Crippen LogP contribution in [0.25, 0.3) is 0 Å². The second kappa shape index (κ2) is 6.02. The molecule has 0 radical (unpaired) electrons. The number of rotatable bonds is 5. The van der Waals surface area contributed by atoms with Gasteiger partial charge < -0.3 is 21.1 Å². The highest BCUT2D eigenvalue weighted by Crippen LogP contribution is 2.26. The summed E-state index contributed by atoms with van der Waals surface area (Å²) in [4.78, 5) is 34.9. The summed E-state index contributed by atoms with van der Waals surface area (Å²) in [6, 6.07) is 3.53. The summed E-state index contributed by atoms with van der Waals surface area (Å²) in [5.74, 6) is -4.03. The molecule has 0 bridgehead atoms. The maximum atomic E-state index is 11.3. The lowest BCUT2D eigenvalue weighted by atomic mass is 10.1. The molecule has 0 aromatic heterocycles. The molecule has 1 aromatic rings. The van der Waals surface area contributed by atoms with Gasteiger partial charge in [-0.3, -0.25) is 14.5 Å². The highest BCUT2D eigenvalue weighted by atomic mass is 16.4. The van der Waals surface area contributed by atoms with Crippen molar-refractivity contribution in [1.29, 1.82) is 0 Å². The molecule has 1 aliphatic heterocycles. The smallest absolute Gasteiger partial charge is 0.337 e. The lowest BCUT2D eigenvalue weighted by Gasteiger charge is -2.21. The number of nitrogens with zero attached hydrogens (tertiary/aromatic N) is 1. The molecule has 0 saturated carbocycles. The summed E-state index contributed by atoms with van der Waals surface area (Å²) >= 11 is 0. The molecule has 1 heterocycles. The second-order valence-electron chi connectivity index (χ2n) is 5.28. The van der Waals surface area contributed by atoms with Gasteiger partial charge in [-0.1, -0.05) is 6.07 Å². The van der Waals surface area contributed by atoms with E-state index in [0.29, 0.717) is 5.56 Å². The first-order valence-corrected chi connectivity index (χ1v) is 6.61. The average Bonchev–Trinajstić information content (AvgIpc) is 2.85. The van der Waals surface area contributed by atoms with Crippen molar-refractivity contribution < 1.29 is 29.7 Å². The normalized spacial score (nSPS) is 21.6. The lowest BCUT2D eigenvalue weighted by molar-refractivity contribution is -0.142. The van der Waals surface area contributed by atoms with E-state index < -0.39 is 29.9 Å². The van der Waals surface area contributed by atoms with Crippen molar-refractivity contribution in [3.8, 4) is 0 Å². The van der Waals surface area contributed by atoms with Gasteiger partial charge in [0.15, 0.2) is 0 Å². The van der Waals surface area contributed by atoms with Crippen LogP contribution in [0.1, 0.15) is 22.3 Å². The maximum Gasteiger partial charge on any atom is 0.337 e. The van der Waals surface area contributed by atoms with E-state index in [1.807, 2.05) is 0 Å². The number of hydrogen-bond acceptors (Lipinski definition) is 5. The molecular formula is C14H16N2O6. The first-order valence-electron chi connectivity index (χ1n) is 6.61. The van der Waals surface area contributed by atoms with Crippen LogP contribution in [-0.2, 0) is 16.1 Å². The monoisotopic (exact) mass is 308 g/mol. The minimum absolute atomic E-state index is 0.0332. The first-order chi connectivity index (χ1) is 10.3. The molecule has 2 rings (SSSR count). The number of hydrogen-bond donors (Lipinski definition) is 4. The van der Waals surface area contributed by atoms with E-state index in [1.165, 1.54) is 17.0 Å². The van der Waals surface area contributed by atoms with Crippen LogP contribution in [0.2, 0.25) is 0 Å². The van der Waals surface area contributed by atoms with E-state index in [0.717, 1.165) is 0 Å². The molecule has 1 aliphatic rings. The van der Waals surface area contributed by atoms with Gasteiger partial charge in [-0.15, -0.1) is 0 Å². The number of aliphatic carboxylic acids is 2. The number of carboxylic acids is 3. The van der Waals surface area contributed by atoms with E-state index in [4.69, 9.17) is 15.9 Å². The summed E-state index contributed by atoms with van der Waals surface area (Å²) < 4.78 is 0. The van der Waals surface area contributed by atoms with Gasteiger partial charge in [0.25, 0.3) is 0 Å². The van der Waals surface area contributed by atoms with Crippen LogP contribution in [0, 0.1) is 5.92 Å². The molecule has 2 atom stereocenters. The van der Waals surface area contributed by atoms with Crippen LogP contribution in [0.3, 0.4) is 0 Å². The average molecular weight is 308 g/mol. The number of aromatic carboxylic acids is 1. The van der Waals surface area contributed by atoms with Crippen molar-refractivity contribution in [2.75, 3.05) is 12.3 Å². The molecule has 8 heteroatoms. The number of benzene rings is 1. The van der Waals surface area contributed by atoms with E-state index >= 15 is 0 Å². The number of likely N-dealkylation sites (tertiary alicyclic amines) is 1. The van der Waals surface area contributed by atoms with Crippen molar-refractivity contribution in [3.63, 3.8) is 0 Å². The third-order valence-corrected chi connectivity index (χ3v) is 3.77. The van der Waals surface area contributed by atoms with Gasteiger partial charge in [-0.2, -0.15) is 0 Å². The zero-order chi connectivity index (χ0) is 16.4. The third kappa shape index (κ3) is 3.17. The Morgan fingerprint density at radius 3 is 2.41 bits per heavy atom. The molecule has 2 unspecified atom stereocenters. The molecule has 0 spiro atoms. The topological polar surface area (TPSA) is 141 Å². The van der Waals surface area contributed by atoms with Gasteiger partial charge in [0, 0.05) is 18.8 Å². The van der Waals surface area contributed by atoms with E-state index in [-0.39, 0.29) is 30.8 Å². The zero-order valence-corrected chi connectivity index (χ0v) is 11.6. The van der Waals surface area contributed by atoms with Gasteiger partial charge in [0.1, 0.15) is 6.04 Å². The van der Waals surface area contributed by atoms with Gasteiger partial charge >= 0.3 is 17.9 Å². The number of carboxylic acid groups (broad SMARTS) is 3. The number of carbonyl (C=O) groups is 3. The predicted molar refractivity (Wildman–Crippen MR) is 75.4 cm³/mol. The molecule has 5 N–H and O–H groups in total. The van der Waals surface area contributed by atoms with Gasteiger partial charge in [-0.25, -0.2) is 4.79 Å². The van der Waals surface area contributed by atoms with E-state index in [9.17, 15) is 19.5 Å². The molecule has 1 aromatic carbocycles. The second-order valence-corrected chi connectivity index (χ2v) is 5.28. The van der Waals surface area contributed by atoms with Crippen molar-refractivity contribution >= 4 is 23.6 Å². The van der Waals surface area contributed by atoms with Gasteiger partial charge in [0.05, 0.1) is 11.5 Å². The van der Waals surface area contributed by atoms with Gasteiger partial charge in [-0.05, 0) is 24.1 Å². The fourth-order valence-corrected chi connectivity index (χ4v) is 2.64.